The predicted octanol–water partition coefficient (Wildman–Crippen LogP) is 6.69. The maximum Gasteiger partial charge on any atom is 0.305 e. The molecule has 0 bridgehead atoms. The Hall–Kier alpha value is -5.33. The second-order valence-electron chi connectivity index (χ2n) is 15.9. The lowest BCUT2D eigenvalue weighted by molar-refractivity contribution is -0.147. The van der Waals surface area contributed by atoms with Gasteiger partial charge in [-0.3, -0.25) is 58.0 Å². The summed E-state index contributed by atoms with van der Waals surface area (Å²) < 4.78 is 4.94. The van der Waals surface area contributed by atoms with Crippen molar-refractivity contribution >= 4 is 52.9 Å². The van der Waals surface area contributed by atoms with Crippen LogP contribution in [0.15, 0.2) is 65.7 Å². The second kappa shape index (κ2) is 26.6. The highest BCUT2D eigenvalue weighted by Crippen LogP contribution is 2.16. The van der Waals surface area contributed by atoms with Crippen LogP contribution in [0.2, 0.25) is 0 Å². The summed E-state index contributed by atoms with van der Waals surface area (Å²) in [5.41, 5.74) is 3.20. The van der Waals surface area contributed by atoms with E-state index in [1.807, 2.05) is 20.8 Å². The van der Waals surface area contributed by atoms with Crippen LogP contribution in [-0.4, -0.2) is 100 Å². The first-order chi connectivity index (χ1) is 28.0. The number of carbonyl (C=O) groups excluding carboxylic acids is 8. The molecule has 3 aliphatic rings. The Morgan fingerprint density at radius 1 is 0.559 bits per heavy atom. The third-order valence-corrected chi connectivity index (χ3v) is 9.69. The molecule has 0 saturated heterocycles. The third-order valence-electron chi connectivity index (χ3n) is 9.69. The fraction of sp³-hybridized carbons (Fsp3) is 0.543. The molecule has 1 aromatic rings. The Bertz CT molecular complexity index is 1680. The highest BCUT2D eigenvalue weighted by molar-refractivity contribution is 6.14. The Balaban J connectivity index is 0.000000324. The van der Waals surface area contributed by atoms with Gasteiger partial charge in [0.25, 0.3) is 35.4 Å². The van der Waals surface area contributed by atoms with Gasteiger partial charge in [0, 0.05) is 68.1 Å². The van der Waals surface area contributed by atoms with Crippen molar-refractivity contribution in [2.24, 2.45) is 16.8 Å². The maximum absolute atomic E-state index is 12.0. The fourth-order valence-corrected chi connectivity index (χ4v) is 5.94. The van der Waals surface area contributed by atoms with Gasteiger partial charge in [0.05, 0.1) is 13.1 Å². The van der Waals surface area contributed by atoms with E-state index in [1.54, 1.807) is 0 Å². The van der Waals surface area contributed by atoms with Gasteiger partial charge in [0.1, 0.15) is 6.61 Å². The van der Waals surface area contributed by atoms with Crippen molar-refractivity contribution < 1.29 is 43.1 Å². The molecule has 0 aromatic heterocycles. The van der Waals surface area contributed by atoms with Crippen LogP contribution in [-0.2, 0) is 43.1 Å². The molecule has 3 aliphatic heterocycles. The van der Waals surface area contributed by atoms with E-state index in [0.29, 0.717) is 37.8 Å². The fourth-order valence-electron chi connectivity index (χ4n) is 5.94. The van der Waals surface area contributed by atoms with Gasteiger partial charge in [-0.1, -0.05) is 91.5 Å². The molecule has 6 amide bonds. The zero-order chi connectivity index (χ0) is 43.9. The predicted molar refractivity (Wildman–Crippen MR) is 227 cm³/mol. The lowest BCUT2D eigenvalue weighted by atomic mass is 10.0. The molecule has 59 heavy (non-hydrogen) atoms. The zero-order valence-electron chi connectivity index (χ0n) is 36.1. The van der Waals surface area contributed by atoms with Gasteiger partial charge in [0.15, 0.2) is 5.78 Å². The minimum atomic E-state index is -0.353. The number of amides is 6. The standard InChI is InChI=1S/C22H28N2O3.C12H17NO4.C12H19NO2/c1-16(2)18-8-10-19(11-9-18)17(3)23-15-20(25)7-5-4-6-14-24-21(26)12-13-22(24)27;1-9(2)3-6-12(16)17-8-7-13-10(14)4-5-11(13)15;1-10(2)6-4-3-5-9-13-11(14)7-8-12(13)15/h8-13,16H,4-7,14-15H2,1-3H3;4-5,9H,3,6-8H2,1-2H3;7-8,10H,3-6,9H2,1-2H3. The molecule has 0 aliphatic carbocycles. The first-order valence-corrected chi connectivity index (χ1v) is 20.9. The SMILES string of the molecule is CC(=NCC(=O)CCCCCN1C(=O)C=CC1=O)c1ccc(C(C)C)cc1.CC(C)CCC(=O)OCCN1C(=O)C=CC1=O.CC(C)CCCCCN1C(=O)C=CC1=O. The van der Waals surface area contributed by atoms with Crippen molar-refractivity contribution in [3.8, 4) is 0 Å². The molecule has 4 rings (SSSR count). The number of hydrogen-bond acceptors (Lipinski definition) is 10. The van der Waals surface area contributed by atoms with Crippen molar-refractivity contribution in [3.05, 3.63) is 71.8 Å². The van der Waals surface area contributed by atoms with Crippen LogP contribution in [0.1, 0.15) is 130 Å². The number of hydrogen-bond donors (Lipinski definition) is 0. The number of imide groups is 3. The van der Waals surface area contributed by atoms with Gasteiger partial charge in [-0.15, -0.1) is 0 Å². The molecule has 0 saturated carbocycles. The van der Waals surface area contributed by atoms with E-state index in [0.717, 1.165) is 60.6 Å². The molecule has 1 aromatic carbocycles. The number of unbranched alkanes of at least 4 members (excludes halogenated alkanes) is 4. The summed E-state index contributed by atoms with van der Waals surface area (Å²) in [4.78, 5) is 98.8. The zero-order valence-corrected chi connectivity index (χ0v) is 36.1. The number of Topliss-reactive ketones (excluding diaryl/α,β-unsaturated/α-hetero) is 1. The van der Waals surface area contributed by atoms with Crippen molar-refractivity contribution in [1.29, 1.82) is 0 Å². The summed E-state index contributed by atoms with van der Waals surface area (Å²) in [6.45, 7) is 16.1. The summed E-state index contributed by atoms with van der Waals surface area (Å²) in [6, 6.07) is 8.31. The van der Waals surface area contributed by atoms with E-state index < -0.39 is 0 Å². The van der Waals surface area contributed by atoms with Crippen molar-refractivity contribution in [1.82, 2.24) is 14.7 Å². The number of nitrogens with zero attached hydrogens (tertiary/aromatic N) is 4. The van der Waals surface area contributed by atoms with Crippen LogP contribution >= 0.6 is 0 Å². The van der Waals surface area contributed by atoms with Crippen LogP contribution in [0.4, 0.5) is 0 Å². The van der Waals surface area contributed by atoms with Gasteiger partial charge in [0.2, 0.25) is 0 Å². The van der Waals surface area contributed by atoms with Gasteiger partial charge in [-0.25, -0.2) is 0 Å². The Morgan fingerprint density at radius 3 is 1.44 bits per heavy atom. The van der Waals surface area contributed by atoms with Crippen molar-refractivity contribution in [3.63, 3.8) is 0 Å². The number of aliphatic imine (C=N–C) groups is 1. The molecule has 0 spiro atoms. The first kappa shape index (κ1) is 49.8. The Kier molecular flexibility index (Phi) is 22.5. The summed E-state index contributed by atoms with van der Waals surface area (Å²) >= 11 is 0. The molecule has 0 fully saturated rings. The molecular weight excluding hydrogens is 753 g/mol. The average Bonchev–Trinajstić information content (AvgIpc) is 3.82. The van der Waals surface area contributed by atoms with Gasteiger partial charge < -0.3 is 4.74 Å². The molecule has 322 valence electrons. The van der Waals surface area contributed by atoms with Crippen molar-refractivity contribution in [2.45, 2.75) is 119 Å². The molecule has 3 heterocycles. The molecule has 0 radical (unpaired) electrons. The summed E-state index contributed by atoms with van der Waals surface area (Å²) in [7, 11) is 0. The quantitative estimate of drug-likeness (QED) is 0.0536. The van der Waals surface area contributed by atoms with E-state index in [-0.39, 0.29) is 66.9 Å². The number of esters is 1. The first-order valence-electron chi connectivity index (χ1n) is 20.9. The monoisotopic (exact) mass is 816 g/mol. The van der Waals surface area contributed by atoms with Crippen LogP contribution < -0.4 is 0 Å². The van der Waals surface area contributed by atoms with Crippen molar-refractivity contribution in [2.75, 3.05) is 32.8 Å². The van der Waals surface area contributed by atoms with Gasteiger partial charge >= 0.3 is 5.97 Å². The van der Waals surface area contributed by atoms with Crippen LogP contribution in [0.25, 0.3) is 0 Å². The highest BCUT2D eigenvalue weighted by atomic mass is 16.5. The molecule has 0 atom stereocenters. The van der Waals surface area contributed by atoms with E-state index in [9.17, 15) is 38.4 Å². The second-order valence-corrected chi connectivity index (χ2v) is 15.9. The number of carbonyl (C=O) groups is 8. The van der Waals surface area contributed by atoms with E-state index >= 15 is 0 Å². The minimum absolute atomic E-state index is 0.0656. The van der Waals surface area contributed by atoms with E-state index in [1.165, 1.54) is 64.7 Å². The van der Waals surface area contributed by atoms with Gasteiger partial charge in [-0.05, 0) is 61.5 Å². The summed E-state index contributed by atoms with van der Waals surface area (Å²) in [5.74, 6) is -0.0150. The van der Waals surface area contributed by atoms with Crippen LogP contribution in [0.5, 0.6) is 0 Å². The number of benzene rings is 1. The third kappa shape index (κ3) is 19.3. The maximum atomic E-state index is 12.0. The molecule has 0 unspecified atom stereocenters. The molecule has 13 nitrogen and oxygen atoms in total. The number of rotatable bonds is 22. The largest absolute Gasteiger partial charge is 0.464 e. The normalized spacial score (nSPS) is 14.9. The molecule has 13 heteroatoms. The number of ether oxygens (including phenoxy) is 1. The van der Waals surface area contributed by atoms with Crippen LogP contribution in [0, 0.1) is 11.8 Å². The lowest BCUT2D eigenvalue weighted by Crippen LogP contribution is -2.33. The minimum Gasteiger partial charge on any atom is -0.464 e. The van der Waals surface area contributed by atoms with E-state index in [4.69, 9.17) is 4.74 Å². The Labute approximate surface area is 350 Å². The highest BCUT2D eigenvalue weighted by Gasteiger charge is 2.24. The Morgan fingerprint density at radius 2 is 1.00 bits per heavy atom. The molecule has 0 N–H and O–H groups in total. The molecular formula is C46H64N4O9. The van der Waals surface area contributed by atoms with Crippen LogP contribution in [0.3, 0.4) is 0 Å². The smallest absolute Gasteiger partial charge is 0.305 e. The number of ketones is 1. The average molecular weight is 817 g/mol. The van der Waals surface area contributed by atoms with E-state index in [2.05, 4.69) is 57.0 Å². The van der Waals surface area contributed by atoms with Gasteiger partial charge in [-0.2, -0.15) is 0 Å². The summed E-state index contributed by atoms with van der Waals surface area (Å²) in [6.07, 6.45) is 16.0. The topological polar surface area (TPSA) is 168 Å². The lowest BCUT2D eigenvalue weighted by Gasteiger charge is -2.13. The summed E-state index contributed by atoms with van der Waals surface area (Å²) in [5, 5.41) is 0.